The first-order chi connectivity index (χ1) is 15.1. The Hall–Kier alpha value is -2.81. The number of aryl methyl sites for hydroxylation is 1. The number of hydrogen-bond acceptors (Lipinski definition) is 6. The van der Waals surface area contributed by atoms with E-state index in [-0.39, 0.29) is 17.6 Å². The van der Waals surface area contributed by atoms with Crippen molar-refractivity contribution in [1.29, 1.82) is 0 Å². The molecule has 0 saturated heterocycles. The Balaban J connectivity index is 1.45. The molecule has 1 N–H and O–H groups in total. The monoisotopic (exact) mass is 441 g/mol. The maximum absolute atomic E-state index is 12.6. The number of amides is 1. The van der Waals surface area contributed by atoms with Gasteiger partial charge in [-0.1, -0.05) is 24.6 Å². The van der Waals surface area contributed by atoms with E-state index in [0.717, 1.165) is 34.8 Å². The summed E-state index contributed by atoms with van der Waals surface area (Å²) in [6.07, 6.45) is 6.36. The minimum absolute atomic E-state index is 0.0910. The molecule has 0 spiro atoms. The van der Waals surface area contributed by atoms with Crippen molar-refractivity contribution in [2.24, 2.45) is 0 Å². The van der Waals surface area contributed by atoms with Gasteiger partial charge in [0.15, 0.2) is 5.16 Å². The molecule has 1 saturated carbocycles. The van der Waals surface area contributed by atoms with Gasteiger partial charge >= 0.3 is 5.97 Å². The number of ether oxygens (including phenoxy) is 1. The predicted molar refractivity (Wildman–Crippen MR) is 120 cm³/mol. The van der Waals surface area contributed by atoms with Crippen molar-refractivity contribution < 1.29 is 14.3 Å². The molecule has 1 aliphatic carbocycles. The fraction of sp³-hybridized carbons (Fsp3) is 0.455. The SMILES string of the molecule is CCOC(=O)c1ccc2c(c1)nc(SCC(=O)Nc1ccnn1C1CCCC1)n2CC. The van der Waals surface area contributed by atoms with E-state index in [9.17, 15) is 9.59 Å². The zero-order chi connectivity index (χ0) is 21.8. The molecule has 3 aromatic rings. The number of carbonyl (C=O) groups excluding carboxylic acids is 2. The molecule has 0 radical (unpaired) electrons. The molecule has 31 heavy (non-hydrogen) atoms. The first-order valence-corrected chi connectivity index (χ1v) is 11.7. The highest BCUT2D eigenvalue weighted by molar-refractivity contribution is 7.99. The molecule has 0 bridgehead atoms. The molecule has 8 nitrogen and oxygen atoms in total. The van der Waals surface area contributed by atoms with Crippen LogP contribution in [0.5, 0.6) is 0 Å². The van der Waals surface area contributed by atoms with Crippen molar-refractivity contribution >= 4 is 40.5 Å². The van der Waals surface area contributed by atoms with Gasteiger partial charge in [-0.2, -0.15) is 5.10 Å². The molecular weight excluding hydrogens is 414 g/mol. The number of nitrogens with one attached hydrogen (secondary N) is 1. The lowest BCUT2D eigenvalue weighted by atomic mass is 10.2. The summed E-state index contributed by atoms with van der Waals surface area (Å²) >= 11 is 1.38. The molecule has 1 aromatic carbocycles. The number of aromatic nitrogens is 4. The summed E-state index contributed by atoms with van der Waals surface area (Å²) in [5.74, 6) is 0.541. The van der Waals surface area contributed by atoms with Crippen LogP contribution < -0.4 is 5.32 Å². The molecule has 1 aliphatic rings. The average Bonchev–Trinajstić information content (AvgIpc) is 3.50. The molecule has 2 aromatic heterocycles. The van der Waals surface area contributed by atoms with E-state index in [1.807, 2.05) is 28.3 Å². The van der Waals surface area contributed by atoms with Crippen LogP contribution in [-0.2, 0) is 16.1 Å². The number of nitrogens with zero attached hydrogens (tertiary/aromatic N) is 4. The van der Waals surface area contributed by atoms with Gasteiger partial charge in [0.1, 0.15) is 5.82 Å². The minimum Gasteiger partial charge on any atom is -0.462 e. The van der Waals surface area contributed by atoms with Crippen molar-refractivity contribution in [3.05, 3.63) is 36.0 Å². The standard InChI is InChI=1S/C22H27N5O3S/c1-3-26-18-10-9-15(21(29)30-4-2)13-17(18)24-22(26)31-14-20(28)25-19-11-12-23-27(19)16-7-5-6-8-16/h9-13,16H,3-8,14H2,1-2H3,(H,25,28). The second kappa shape index (κ2) is 9.55. The van der Waals surface area contributed by atoms with Gasteiger partial charge < -0.3 is 14.6 Å². The van der Waals surface area contributed by atoms with E-state index in [0.29, 0.717) is 24.8 Å². The van der Waals surface area contributed by atoms with Crippen LogP contribution >= 0.6 is 11.8 Å². The first-order valence-electron chi connectivity index (χ1n) is 10.7. The molecule has 0 atom stereocenters. The van der Waals surface area contributed by atoms with E-state index in [1.54, 1.807) is 25.3 Å². The van der Waals surface area contributed by atoms with Gasteiger partial charge in [-0.15, -0.1) is 0 Å². The Labute approximate surface area is 185 Å². The first kappa shape index (κ1) is 21.4. The molecular formula is C22H27N5O3S. The lowest BCUT2D eigenvalue weighted by Crippen LogP contribution is -2.19. The van der Waals surface area contributed by atoms with Gasteiger partial charge in [-0.25, -0.2) is 14.5 Å². The average molecular weight is 442 g/mol. The van der Waals surface area contributed by atoms with Crippen LogP contribution in [0.15, 0.2) is 35.6 Å². The summed E-state index contributed by atoms with van der Waals surface area (Å²) in [6.45, 7) is 4.86. The maximum atomic E-state index is 12.6. The quantitative estimate of drug-likeness (QED) is 0.415. The minimum atomic E-state index is -0.358. The van der Waals surface area contributed by atoms with Gasteiger partial charge in [-0.05, 0) is 44.9 Å². The Bertz CT molecular complexity index is 1080. The summed E-state index contributed by atoms with van der Waals surface area (Å²) in [7, 11) is 0. The maximum Gasteiger partial charge on any atom is 0.338 e. The van der Waals surface area contributed by atoms with Crippen LogP contribution in [0.1, 0.15) is 55.9 Å². The van der Waals surface area contributed by atoms with Crippen LogP contribution in [-0.4, -0.2) is 43.6 Å². The molecule has 0 unspecified atom stereocenters. The fourth-order valence-corrected chi connectivity index (χ4v) is 4.91. The lowest BCUT2D eigenvalue weighted by molar-refractivity contribution is -0.113. The van der Waals surface area contributed by atoms with Crippen LogP contribution in [0, 0.1) is 0 Å². The largest absolute Gasteiger partial charge is 0.462 e. The van der Waals surface area contributed by atoms with Gasteiger partial charge in [-0.3, -0.25) is 4.79 Å². The molecule has 4 rings (SSSR count). The van der Waals surface area contributed by atoms with Gasteiger partial charge in [0, 0.05) is 12.6 Å². The third-order valence-electron chi connectivity index (χ3n) is 5.48. The summed E-state index contributed by atoms with van der Waals surface area (Å²) < 4.78 is 9.06. The number of hydrogen-bond donors (Lipinski definition) is 1. The van der Waals surface area contributed by atoms with Crippen LogP contribution in [0.2, 0.25) is 0 Å². The third kappa shape index (κ3) is 4.61. The van der Waals surface area contributed by atoms with Crippen LogP contribution in [0.4, 0.5) is 5.82 Å². The Morgan fingerprint density at radius 3 is 2.77 bits per heavy atom. The normalized spacial score (nSPS) is 14.3. The second-order valence-electron chi connectivity index (χ2n) is 7.50. The van der Waals surface area contributed by atoms with Crippen LogP contribution in [0.25, 0.3) is 11.0 Å². The van der Waals surface area contributed by atoms with Crippen molar-refractivity contribution in [3.63, 3.8) is 0 Å². The highest BCUT2D eigenvalue weighted by atomic mass is 32.2. The van der Waals surface area contributed by atoms with Crippen molar-refractivity contribution in [2.45, 2.75) is 57.3 Å². The number of imidazole rings is 1. The van der Waals surface area contributed by atoms with E-state index in [1.165, 1.54) is 24.6 Å². The van der Waals surface area contributed by atoms with E-state index >= 15 is 0 Å². The Morgan fingerprint density at radius 2 is 2.03 bits per heavy atom. The second-order valence-corrected chi connectivity index (χ2v) is 8.44. The van der Waals surface area contributed by atoms with E-state index in [4.69, 9.17) is 4.74 Å². The number of thioether (sulfide) groups is 1. The van der Waals surface area contributed by atoms with Gasteiger partial charge in [0.05, 0.1) is 41.2 Å². The number of fused-ring (bicyclic) bond motifs is 1. The third-order valence-corrected chi connectivity index (χ3v) is 6.46. The summed E-state index contributed by atoms with van der Waals surface area (Å²) in [5, 5.41) is 8.14. The number of benzene rings is 1. The van der Waals surface area contributed by atoms with Crippen molar-refractivity contribution in [3.8, 4) is 0 Å². The smallest absolute Gasteiger partial charge is 0.338 e. The molecule has 1 amide bonds. The molecule has 164 valence electrons. The predicted octanol–water partition coefficient (Wildman–Crippen LogP) is 4.28. The molecule has 1 fully saturated rings. The summed E-state index contributed by atoms with van der Waals surface area (Å²) in [4.78, 5) is 29.3. The zero-order valence-corrected chi connectivity index (χ0v) is 18.7. The van der Waals surface area contributed by atoms with Crippen molar-refractivity contribution in [1.82, 2.24) is 19.3 Å². The van der Waals surface area contributed by atoms with Crippen LogP contribution in [0.3, 0.4) is 0 Å². The van der Waals surface area contributed by atoms with Gasteiger partial charge in [0.2, 0.25) is 5.91 Å². The summed E-state index contributed by atoms with van der Waals surface area (Å²) in [5.41, 5.74) is 2.12. The Kier molecular flexibility index (Phi) is 6.60. The topological polar surface area (TPSA) is 91.0 Å². The number of anilines is 1. The highest BCUT2D eigenvalue weighted by Gasteiger charge is 2.21. The highest BCUT2D eigenvalue weighted by Crippen LogP contribution is 2.31. The number of esters is 1. The zero-order valence-electron chi connectivity index (χ0n) is 17.8. The Morgan fingerprint density at radius 1 is 1.23 bits per heavy atom. The summed E-state index contributed by atoms with van der Waals surface area (Å²) in [6, 6.07) is 7.58. The molecule has 0 aliphatic heterocycles. The molecule has 9 heteroatoms. The lowest BCUT2D eigenvalue weighted by Gasteiger charge is -2.14. The number of carbonyl (C=O) groups is 2. The van der Waals surface area contributed by atoms with E-state index in [2.05, 4.69) is 15.4 Å². The number of rotatable bonds is 8. The van der Waals surface area contributed by atoms with Gasteiger partial charge in [0.25, 0.3) is 0 Å². The van der Waals surface area contributed by atoms with Crippen molar-refractivity contribution in [2.75, 3.05) is 17.7 Å². The van der Waals surface area contributed by atoms with E-state index < -0.39 is 0 Å². The molecule has 2 heterocycles. The fourth-order valence-electron chi connectivity index (χ4n) is 4.03.